The zero-order valence-electron chi connectivity index (χ0n) is 20.4. The number of carbonyl (C=O) groups is 1. The molecule has 0 aliphatic rings. The summed E-state index contributed by atoms with van der Waals surface area (Å²) >= 11 is 0. The third kappa shape index (κ3) is 6.31. The van der Waals surface area contributed by atoms with Gasteiger partial charge in [0.15, 0.2) is 11.5 Å². The third-order valence-electron chi connectivity index (χ3n) is 5.63. The number of nitriles is 1. The number of anilines is 1. The molecule has 0 spiro atoms. The van der Waals surface area contributed by atoms with Crippen molar-refractivity contribution in [2.24, 2.45) is 0 Å². The minimum Gasteiger partial charge on any atom is -0.490 e. The lowest BCUT2D eigenvalue weighted by atomic mass is 10.1. The normalized spacial score (nSPS) is 11.6. The zero-order valence-corrected chi connectivity index (χ0v) is 20.4. The lowest BCUT2D eigenvalue weighted by Gasteiger charge is -2.14. The second kappa shape index (κ2) is 11.5. The van der Waals surface area contributed by atoms with E-state index in [-0.39, 0.29) is 12.2 Å². The van der Waals surface area contributed by atoms with Crippen molar-refractivity contribution in [1.82, 2.24) is 0 Å². The third-order valence-corrected chi connectivity index (χ3v) is 5.63. The molecule has 1 amide bonds. The Labute approximate surface area is 217 Å². The van der Waals surface area contributed by atoms with Gasteiger partial charge in [-0.15, -0.1) is 0 Å². The van der Waals surface area contributed by atoms with Crippen molar-refractivity contribution < 1.29 is 27.4 Å². The van der Waals surface area contributed by atoms with Gasteiger partial charge in [0.05, 0.1) is 12.2 Å². The van der Waals surface area contributed by atoms with Gasteiger partial charge in [0.2, 0.25) is 0 Å². The van der Waals surface area contributed by atoms with E-state index < -0.39 is 17.6 Å². The van der Waals surface area contributed by atoms with Crippen LogP contribution in [0.25, 0.3) is 16.8 Å². The van der Waals surface area contributed by atoms with Gasteiger partial charge in [0.1, 0.15) is 18.2 Å². The lowest BCUT2D eigenvalue weighted by Crippen LogP contribution is -2.13. The van der Waals surface area contributed by atoms with Crippen molar-refractivity contribution in [3.05, 3.63) is 107 Å². The molecule has 0 unspecified atom stereocenters. The van der Waals surface area contributed by atoms with Crippen molar-refractivity contribution in [2.45, 2.75) is 19.7 Å². The molecule has 38 heavy (non-hydrogen) atoms. The van der Waals surface area contributed by atoms with Gasteiger partial charge < -0.3 is 14.8 Å². The fourth-order valence-electron chi connectivity index (χ4n) is 3.84. The molecule has 192 valence electrons. The van der Waals surface area contributed by atoms with Gasteiger partial charge in [-0.25, -0.2) is 0 Å². The van der Waals surface area contributed by atoms with Crippen LogP contribution in [0, 0.1) is 11.3 Å². The van der Waals surface area contributed by atoms with E-state index >= 15 is 0 Å². The molecule has 0 fully saturated rings. The molecule has 8 heteroatoms. The van der Waals surface area contributed by atoms with E-state index in [1.807, 2.05) is 42.5 Å². The first-order valence-electron chi connectivity index (χ1n) is 11.7. The van der Waals surface area contributed by atoms with Crippen LogP contribution in [0.2, 0.25) is 0 Å². The molecule has 0 saturated heterocycles. The Morgan fingerprint density at radius 3 is 2.47 bits per heavy atom. The number of ether oxygens (including phenoxy) is 2. The number of fused-ring (bicyclic) bond motifs is 1. The molecule has 0 atom stereocenters. The maximum Gasteiger partial charge on any atom is 0.416 e. The SMILES string of the molecule is CCOc1cc(/C=C(\C#N)C(=O)Nc2cccc3ccccc23)ccc1OCc1cccc(C(F)(F)F)c1. The molecule has 4 aromatic carbocycles. The van der Waals surface area contributed by atoms with Gasteiger partial charge in [0.25, 0.3) is 5.91 Å². The second-order valence-corrected chi connectivity index (χ2v) is 8.28. The Morgan fingerprint density at radius 1 is 0.947 bits per heavy atom. The molecule has 4 rings (SSSR count). The zero-order chi connectivity index (χ0) is 27.1. The van der Waals surface area contributed by atoms with E-state index in [1.54, 1.807) is 37.3 Å². The lowest BCUT2D eigenvalue weighted by molar-refractivity contribution is -0.137. The number of rotatable bonds is 8. The molecule has 0 aromatic heterocycles. The fourth-order valence-corrected chi connectivity index (χ4v) is 3.84. The van der Waals surface area contributed by atoms with Gasteiger partial charge in [-0.05, 0) is 59.8 Å². The molecule has 5 nitrogen and oxygen atoms in total. The maximum atomic E-state index is 13.0. The Bertz CT molecular complexity index is 1530. The first-order valence-corrected chi connectivity index (χ1v) is 11.7. The van der Waals surface area contributed by atoms with Gasteiger partial charge in [-0.1, -0.05) is 54.6 Å². The van der Waals surface area contributed by atoms with Gasteiger partial charge in [-0.2, -0.15) is 18.4 Å². The second-order valence-electron chi connectivity index (χ2n) is 8.28. The molecule has 0 aliphatic heterocycles. The number of nitrogens with zero attached hydrogens (tertiary/aromatic N) is 1. The summed E-state index contributed by atoms with van der Waals surface area (Å²) in [7, 11) is 0. The molecule has 0 radical (unpaired) electrons. The van der Waals surface area contributed by atoms with Crippen LogP contribution in [-0.4, -0.2) is 12.5 Å². The summed E-state index contributed by atoms with van der Waals surface area (Å²) < 4.78 is 50.4. The maximum absolute atomic E-state index is 13.0. The van der Waals surface area contributed by atoms with Crippen molar-refractivity contribution >= 4 is 28.4 Å². The van der Waals surface area contributed by atoms with Crippen LogP contribution in [0.4, 0.5) is 18.9 Å². The minimum atomic E-state index is -4.45. The fraction of sp³-hybridized carbons (Fsp3) is 0.133. The van der Waals surface area contributed by atoms with E-state index in [1.165, 1.54) is 12.1 Å². The molecule has 0 bridgehead atoms. The first-order chi connectivity index (χ1) is 18.3. The smallest absolute Gasteiger partial charge is 0.416 e. The summed E-state index contributed by atoms with van der Waals surface area (Å²) in [4.78, 5) is 12.9. The number of hydrogen-bond acceptors (Lipinski definition) is 4. The summed E-state index contributed by atoms with van der Waals surface area (Å²) in [6, 6.07) is 24.7. The van der Waals surface area contributed by atoms with Crippen LogP contribution < -0.4 is 14.8 Å². The Hall–Kier alpha value is -4.77. The predicted octanol–water partition coefficient (Wildman–Crippen LogP) is 7.38. The highest BCUT2D eigenvalue weighted by Gasteiger charge is 2.30. The Kier molecular flexibility index (Phi) is 7.97. The number of nitrogens with one attached hydrogen (secondary N) is 1. The van der Waals surface area contributed by atoms with Gasteiger partial charge >= 0.3 is 6.18 Å². The largest absolute Gasteiger partial charge is 0.490 e. The van der Waals surface area contributed by atoms with Crippen molar-refractivity contribution in [3.63, 3.8) is 0 Å². The van der Waals surface area contributed by atoms with E-state index in [0.29, 0.717) is 34.9 Å². The minimum absolute atomic E-state index is 0.101. The van der Waals surface area contributed by atoms with Crippen LogP contribution in [0.3, 0.4) is 0 Å². The summed E-state index contributed by atoms with van der Waals surface area (Å²) in [6.07, 6.45) is -3.02. The molecule has 1 N–H and O–H groups in total. The van der Waals surface area contributed by atoms with Crippen molar-refractivity contribution in [1.29, 1.82) is 5.26 Å². The molecule has 0 heterocycles. The number of carbonyl (C=O) groups excluding carboxylic acids is 1. The topological polar surface area (TPSA) is 71.3 Å². The summed E-state index contributed by atoms with van der Waals surface area (Å²) in [6.45, 7) is 1.98. The monoisotopic (exact) mass is 516 g/mol. The van der Waals surface area contributed by atoms with Crippen LogP contribution in [0.15, 0.2) is 90.5 Å². The van der Waals surface area contributed by atoms with Crippen LogP contribution in [-0.2, 0) is 17.6 Å². The van der Waals surface area contributed by atoms with E-state index in [4.69, 9.17) is 9.47 Å². The average Bonchev–Trinajstić information content (AvgIpc) is 2.91. The number of amides is 1. The first kappa shape index (κ1) is 26.3. The van der Waals surface area contributed by atoms with E-state index in [9.17, 15) is 23.2 Å². The highest BCUT2D eigenvalue weighted by molar-refractivity contribution is 6.12. The van der Waals surface area contributed by atoms with Crippen molar-refractivity contribution in [2.75, 3.05) is 11.9 Å². The van der Waals surface area contributed by atoms with Crippen LogP contribution in [0.1, 0.15) is 23.6 Å². The average molecular weight is 517 g/mol. The molecule has 4 aromatic rings. The number of alkyl halides is 3. The number of halogens is 3. The highest BCUT2D eigenvalue weighted by atomic mass is 19.4. The number of benzene rings is 4. The molecule has 0 saturated carbocycles. The predicted molar refractivity (Wildman–Crippen MR) is 140 cm³/mol. The van der Waals surface area contributed by atoms with Gasteiger partial charge in [-0.3, -0.25) is 4.79 Å². The molecular formula is C30H23F3N2O3. The Balaban J connectivity index is 1.53. The van der Waals surface area contributed by atoms with Gasteiger partial charge in [0, 0.05) is 11.1 Å². The molecular weight excluding hydrogens is 493 g/mol. The van der Waals surface area contributed by atoms with E-state index in [2.05, 4.69) is 5.32 Å². The molecule has 0 aliphatic carbocycles. The van der Waals surface area contributed by atoms with Crippen LogP contribution >= 0.6 is 0 Å². The summed E-state index contributed by atoms with van der Waals surface area (Å²) in [5, 5.41) is 14.2. The Morgan fingerprint density at radius 2 is 1.71 bits per heavy atom. The number of hydrogen-bond donors (Lipinski definition) is 1. The quantitative estimate of drug-likeness (QED) is 0.196. The highest BCUT2D eigenvalue weighted by Crippen LogP contribution is 2.32. The standard InChI is InChI=1S/C30H23F3N2O3/c1-2-37-28-17-20(13-14-27(28)38-19-21-7-5-10-24(16-21)30(31,32)33)15-23(18-34)29(36)35-26-12-6-9-22-8-3-4-11-25(22)26/h3-17H,2,19H2,1H3,(H,35,36)/b23-15+. The van der Waals surface area contributed by atoms with E-state index in [0.717, 1.165) is 22.9 Å². The van der Waals surface area contributed by atoms with Crippen molar-refractivity contribution in [3.8, 4) is 17.6 Å². The summed E-state index contributed by atoms with van der Waals surface area (Å²) in [5.74, 6) is 0.0896. The summed E-state index contributed by atoms with van der Waals surface area (Å²) in [5.41, 5.74) is 0.586. The van der Waals surface area contributed by atoms with Crippen LogP contribution in [0.5, 0.6) is 11.5 Å².